The van der Waals surface area contributed by atoms with Gasteiger partial charge in [0.05, 0.1) is 18.6 Å². The van der Waals surface area contributed by atoms with Gasteiger partial charge in [-0.2, -0.15) is 0 Å². The van der Waals surface area contributed by atoms with Gasteiger partial charge in [0.2, 0.25) is 0 Å². The summed E-state index contributed by atoms with van der Waals surface area (Å²) < 4.78 is 0. The largest absolute Gasteiger partial charge is 0.548 e. The molecule has 0 heterocycles. The number of hydrogen-bond acceptors (Lipinski definition) is 4. The summed E-state index contributed by atoms with van der Waals surface area (Å²) in [5, 5.41) is 24.3. The van der Waals surface area contributed by atoms with Gasteiger partial charge in [-0.15, -0.1) is 0 Å². The third kappa shape index (κ3) is 7.48. The predicted molar refractivity (Wildman–Crippen MR) is 113 cm³/mol. The van der Waals surface area contributed by atoms with E-state index in [9.17, 15) is 14.7 Å². The summed E-state index contributed by atoms with van der Waals surface area (Å²) in [7, 11) is 0. The third-order valence-corrected chi connectivity index (χ3v) is 4.83. The van der Waals surface area contributed by atoms with Gasteiger partial charge in [0.1, 0.15) is 6.04 Å². The maximum atomic E-state index is 12.2. The standard InChI is InChI=1S/C17H19NO3.C6H15NO/c1-17(2,3)14(16(20)21)18-15(19)13-9-8-11-6-4-5-7-12(11)10-13;1-6(2,3)5(7)4-8/h4-10,14H,1-3H3,(H,18,19)(H,20,21);5,8H,4,7H2,1-3H3/t14-;5-/m10/s1. The molecule has 0 spiro atoms. The van der Waals surface area contributed by atoms with Crippen molar-refractivity contribution >= 4 is 22.6 Å². The first-order valence-corrected chi connectivity index (χ1v) is 9.72. The van der Waals surface area contributed by atoms with Crippen LogP contribution in [0.3, 0.4) is 0 Å². The average Bonchev–Trinajstić information content (AvgIpc) is 2.63. The minimum absolute atomic E-state index is 0.148. The monoisotopic (exact) mass is 402 g/mol. The van der Waals surface area contributed by atoms with Gasteiger partial charge >= 0.3 is 0 Å². The number of aliphatic carboxylic acids is 1. The zero-order valence-corrected chi connectivity index (χ0v) is 18.3. The van der Waals surface area contributed by atoms with Crippen LogP contribution in [0, 0.1) is 10.8 Å². The highest BCUT2D eigenvalue weighted by molar-refractivity contribution is 6.00. The number of carboxylic acids is 1. The molecule has 2 rings (SSSR count). The van der Waals surface area contributed by atoms with Crippen molar-refractivity contribution in [3.63, 3.8) is 0 Å². The molecule has 2 atom stereocenters. The molecule has 5 N–H and O–H groups in total. The van der Waals surface area contributed by atoms with Crippen molar-refractivity contribution in [3.8, 4) is 0 Å². The molecule has 0 unspecified atom stereocenters. The maximum absolute atomic E-state index is 12.2. The van der Waals surface area contributed by atoms with E-state index in [2.05, 4.69) is 31.8 Å². The van der Waals surface area contributed by atoms with E-state index in [0.29, 0.717) is 5.56 Å². The van der Waals surface area contributed by atoms with Crippen LogP contribution < -0.4 is 16.2 Å². The van der Waals surface area contributed by atoms with Gasteiger partial charge in [-0.25, -0.2) is 0 Å². The van der Waals surface area contributed by atoms with Crippen LogP contribution in [0.15, 0.2) is 42.5 Å². The number of rotatable bonds is 4. The van der Waals surface area contributed by atoms with Crippen LogP contribution >= 0.6 is 0 Å². The normalized spacial score (nSPS) is 13.8. The average molecular weight is 403 g/mol. The molecule has 2 aromatic carbocycles. The first-order valence-electron chi connectivity index (χ1n) is 9.72. The fraction of sp³-hybridized carbons (Fsp3) is 0.478. The van der Waals surface area contributed by atoms with E-state index >= 15 is 0 Å². The molecule has 6 nitrogen and oxygen atoms in total. The summed E-state index contributed by atoms with van der Waals surface area (Å²) >= 11 is 0. The molecule has 160 valence electrons. The molecular formula is C23H34N2O4. The Morgan fingerprint density at radius 2 is 1.55 bits per heavy atom. The Hall–Kier alpha value is -2.44. The highest BCUT2D eigenvalue weighted by atomic mass is 16.4. The van der Waals surface area contributed by atoms with E-state index in [1.807, 2.05) is 30.3 Å². The number of amides is 1. The number of benzene rings is 2. The van der Waals surface area contributed by atoms with Gasteiger partial charge < -0.3 is 26.1 Å². The SMILES string of the molecule is CC(C)(C)[C@@H]([NH3+])CO.CC(C)(C)[C@H](NC(=O)c1ccc2ccccc2c1)C(=O)[O-]. The Labute approximate surface area is 173 Å². The van der Waals surface area contributed by atoms with Crippen LogP contribution in [-0.4, -0.2) is 35.7 Å². The molecule has 0 fully saturated rings. The van der Waals surface area contributed by atoms with Crippen molar-refractivity contribution in [1.82, 2.24) is 5.32 Å². The molecule has 6 heteroatoms. The Bertz CT molecular complexity index is 835. The van der Waals surface area contributed by atoms with E-state index in [4.69, 9.17) is 5.11 Å². The van der Waals surface area contributed by atoms with E-state index < -0.39 is 23.3 Å². The van der Waals surface area contributed by atoms with Crippen LogP contribution in [0.4, 0.5) is 0 Å². The van der Waals surface area contributed by atoms with Gasteiger partial charge in [0, 0.05) is 11.0 Å². The van der Waals surface area contributed by atoms with Crippen LogP contribution in [0.25, 0.3) is 10.8 Å². The lowest BCUT2D eigenvalue weighted by molar-refractivity contribution is -0.448. The first kappa shape index (κ1) is 24.6. The van der Waals surface area contributed by atoms with Crippen molar-refractivity contribution in [2.45, 2.75) is 53.6 Å². The Morgan fingerprint density at radius 3 is 1.97 bits per heavy atom. The van der Waals surface area contributed by atoms with Gasteiger partial charge in [0.15, 0.2) is 0 Å². The lowest BCUT2D eigenvalue weighted by Gasteiger charge is -2.32. The number of hydrogen-bond donors (Lipinski definition) is 3. The van der Waals surface area contributed by atoms with Crippen molar-refractivity contribution in [3.05, 3.63) is 48.0 Å². The number of carbonyl (C=O) groups is 2. The maximum Gasteiger partial charge on any atom is 0.251 e. The summed E-state index contributed by atoms with van der Waals surface area (Å²) in [4.78, 5) is 23.4. The van der Waals surface area contributed by atoms with Gasteiger partial charge in [-0.1, -0.05) is 71.9 Å². The topological polar surface area (TPSA) is 117 Å². The van der Waals surface area contributed by atoms with Crippen LogP contribution in [0.1, 0.15) is 51.9 Å². The van der Waals surface area contributed by atoms with Crippen LogP contribution in [0.2, 0.25) is 0 Å². The molecule has 0 aliphatic rings. The molecule has 1 amide bonds. The molecule has 0 radical (unpaired) electrons. The lowest BCUT2D eigenvalue weighted by atomic mass is 9.86. The Balaban J connectivity index is 0.000000447. The molecule has 0 bridgehead atoms. The van der Waals surface area contributed by atoms with Crippen LogP contribution in [0.5, 0.6) is 0 Å². The van der Waals surface area contributed by atoms with Gasteiger partial charge in [0.25, 0.3) is 5.91 Å². The molecule has 0 aliphatic carbocycles. The summed E-state index contributed by atoms with van der Waals surface area (Å²) in [5.74, 6) is -1.69. The third-order valence-electron chi connectivity index (χ3n) is 4.83. The number of quaternary nitrogens is 1. The highest BCUT2D eigenvalue weighted by Gasteiger charge is 2.27. The highest BCUT2D eigenvalue weighted by Crippen LogP contribution is 2.20. The lowest BCUT2D eigenvalue weighted by Crippen LogP contribution is -2.68. The molecular weight excluding hydrogens is 368 g/mol. The minimum Gasteiger partial charge on any atom is -0.548 e. The van der Waals surface area contributed by atoms with E-state index in [0.717, 1.165) is 10.8 Å². The number of fused-ring (bicyclic) bond motifs is 1. The van der Waals surface area contributed by atoms with Crippen molar-refractivity contribution in [1.29, 1.82) is 0 Å². The minimum atomic E-state index is -1.28. The first-order chi connectivity index (χ1) is 13.3. The second kappa shape index (κ2) is 9.85. The van der Waals surface area contributed by atoms with E-state index in [-0.39, 0.29) is 18.1 Å². The van der Waals surface area contributed by atoms with Gasteiger partial charge in [-0.05, 0) is 28.3 Å². The summed E-state index contributed by atoms with van der Waals surface area (Å²) in [6, 6.07) is 12.1. The summed E-state index contributed by atoms with van der Waals surface area (Å²) in [6.45, 7) is 11.6. The quantitative estimate of drug-likeness (QED) is 0.716. The molecule has 2 aromatic rings. The number of nitrogens with one attached hydrogen (secondary N) is 1. The fourth-order valence-corrected chi connectivity index (χ4v) is 2.45. The van der Waals surface area contributed by atoms with Gasteiger partial charge in [-0.3, -0.25) is 4.79 Å². The zero-order chi connectivity index (χ0) is 22.4. The van der Waals surface area contributed by atoms with Crippen LogP contribution in [-0.2, 0) is 4.79 Å². The zero-order valence-electron chi connectivity index (χ0n) is 18.3. The molecule has 0 aromatic heterocycles. The Morgan fingerprint density at radius 1 is 1.00 bits per heavy atom. The number of carbonyl (C=O) groups excluding carboxylic acids is 2. The van der Waals surface area contributed by atoms with Crippen molar-refractivity contribution < 1.29 is 25.5 Å². The smallest absolute Gasteiger partial charge is 0.251 e. The second-order valence-electron chi connectivity index (χ2n) is 9.40. The summed E-state index contributed by atoms with van der Waals surface area (Å²) in [6.07, 6.45) is 0. The Kier molecular flexibility index (Phi) is 8.36. The molecule has 29 heavy (non-hydrogen) atoms. The molecule has 0 saturated heterocycles. The predicted octanol–water partition coefficient (Wildman–Crippen LogP) is 1.37. The number of aliphatic hydroxyl groups excluding tert-OH is 1. The van der Waals surface area contributed by atoms with E-state index in [1.54, 1.807) is 32.9 Å². The number of aliphatic hydroxyl groups is 1. The van der Waals surface area contributed by atoms with Crippen molar-refractivity contribution in [2.75, 3.05) is 6.61 Å². The summed E-state index contributed by atoms with van der Waals surface area (Å²) in [5.41, 5.74) is 3.74. The number of carboxylic acid groups (broad SMARTS) is 1. The van der Waals surface area contributed by atoms with E-state index in [1.165, 1.54) is 0 Å². The molecule has 0 aliphatic heterocycles. The molecule has 0 saturated carbocycles. The fourth-order valence-electron chi connectivity index (χ4n) is 2.45. The second-order valence-corrected chi connectivity index (χ2v) is 9.40. The van der Waals surface area contributed by atoms with Crippen molar-refractivity contribution in [2.24, 2.45) is 10.8 Å².